The monoisotopic (exact) mass is 419 g/mol. The summed E-state index contributed by atoms with van der Waals surface area (Å²) in [5.74, 6) is 0.904. The summed E-state index contributed by atoms with van der Waals surface area (Å²) in [4.78, 5) is 5.92. The van der Waals surface area contributed by atoms with Crippen molar-refractivity contribution >= 4 is 34.1 Å². The highest BCUT2D eigenvalue weighted by Gasteiger charge is 2.37. The zero-order valence-electron chi connectivity index (χ0n) is 17.8. The minimum Gasteiger partial charge on any atom is -0.330 e. The van der Waals surface area contributed by atoms with E-state index in [0.717, 1.165) is 35.9 Å². The van der Waals surface area contributed by atoms with Gasteiger partial charge in [0.1, 0.15) is 5.82 Å². The first-order valence-electron chi connectivity index (χ1n) is 9.93. The Balaban J connectivity index is 1.55. The van der Waals surface area contributed by atoms with Crippen LogP contribution >= 0.6 is 23.3 Å². The number of piperidine rings is 1. The number of hydrogen-bond donors (Lipinski definition) is 3. The standard InChI is InChI=1S/C21H33N5S2/c1-14(22-16-12-20(2,3)26-21(4,5)13-16)10-18-24-19(28-25-18)23-15-8-7-9-17(11-15)27-6/h7-9,11,14,16,22,26H,10,12-13H2,1-6H3,(H,23,24,25). The molecule has 2 aromatic rings. The smallest absolute Gasteiger partial charge is 0.207 e. The van der Waals surface area contributed by atoms with E-state index in [1.54, 1.807) is 11.8 Å². The third kappa shape index (κ3) is 6.17. The van der Waals surface area contributed by atoms with E-state index in [9.17, 15) is 0 Å². The number of anilines is 2. The predicted molar refractivity (Wildman–Crippen MR) is 122 cm³/mol. The summed E-state index contributed by atoms with van der Waals surface area (Å²) >= 11 is 3.17. The van der Waals surface area contributed by atoms with E-state index in [1.807, 2.05) is 0 Å². The molecule has 2 heterocycles. The molecule has 1 aliphatic rings. The molecule has 0 aliphatic carbocycles. The Labute approximate surface area is 177 Å². The van der Waals surface area contributed by atoms with Crippen LogP contribution in [-0.2, 0) is 6.42 Å². The van der Waals surface area contributed by atoms with Gasteiger partial charge in [-0.25, -0.2) is 4.98 Å². The van der Waals surface area contributed by atoms with Crippen molar-refractivity contribution < 1.29 is 0 Å². The van der Waals surface area contributed by atoms with Crippen molar-refractivity contribution in [2.24, 2.45) is 0 Å². The molecule has 1 fully saturated rings. The SMILES string of the molecule is CSc1cccc(Nc2nc(CC(C)NC3CC(C)(C)NC(C)(C)C3)ns2)c1. The molecule has 154 valence electrons. The normalized spacial score (nSPS) is 20.1. The van der Waals surface area contributed by atoms with Crippen LogP contribution in [0.2, 0.25) is 0 Å². The minimum absolute atomic E-state index is 0.153. The van der Waals surface area contributed by atoms with Gasteiger partial charge in [0.05, 0.1) is 0 Å². The van der Waals surface area contributed by atoms with E-state index in [-0.39, 0.29) is 11.1 Å². The molecule has 0 bridgehead atoms. The molecule has 0 saturated carbocycles. The second-order valence-corrected chi connectivity index (χ2v) is 10.8. The molecule has 1 aromatic heterocycles. The Morgan fingerprint density at radius 3 is 2.64 bits per heavy atom. The van der Waals surface area contributed by atoms with Crippen molar-refractivity contribution in [2.45, 2.75) is 81.9 Å². The highest BCUT2D eigenvalue weighted by Crippen LogP contribution is 2.29. The van der Waals surface area contributed by atoms with Gasteiger partial charge in [-0.05, 0) is 71.9 Å². The lowest BCUT2D eigenvalue weighted by Crippen LogP contribution is -2.62. The minimum atomic E-state index is 0.153. The number of thioether (sulfide) groups is 1. The number of hydrogen-bond acceptors (Lipinski definition) is 7. The Kier molecular flexibility index (Phi) is 6.69. The average Bonchev–Trinajstić information content (AvgIpc) is 2.98. The molecule has 0 radical (unpaired) electrons. The lowest BCUT2D eigenvalue weighted by Gasteiger charge is -2.47. The number of nitrogens with zero attached hydrogens (tertiary/aromatic N) is 2. The zero-order chi connectivity index (χ0) is 20.4. The van der Waals surface area contributed by atoms with Crippen molar-refractivity contribution in [3.8, 4) is 0 Å². The zero-order valence-corrected chi connectivity index (χ0v) is 19.4. The highest BCUT2D eigenvalue weighted by atomic mass is 32.2. The summed E-state index contributed by atoms with van der Waals surface area (Å²) in [6.45, 7) is 11.4. The molecule has 3 N–H and O–H groups in total. The van der Waals surface area contributed by atoms with Crippen molar-refractivity contribution in [1.82, 2.24) is 20.0 Å². The van der Waals surface area contributed by atoms with Gasteiger partial charge in [-0.2, -0.15) is 4.37 Å². The molecule has 7 heteroatoms. The van der Waals surface area contributed by atoms with Crippen LogP contribution in [0.1, 0.15) is 53.3 Å². The summed E-state index contributed by atoms with van der Waals surface area (Å²) in [6, 6.07) is 9.22. The summed E-state index contributed by atoms with van der Waals surface area (Å²) < 4.78 is 4.56. The maximum absolute atomic E-state index is 4.69. The first-order chi connectivity index (χ1) is 13.1. The van der Waals surface area contributed by atoms with Gasteiger partial charge in [-0.3, -0.25) is 0 Å². The Bertz CT molecular complexity index is 771. The Hall–Kier alpha value is -1.15. The van der Waals surface area contributed by atoms with Crippen LogP contribution in [0.4, 0.5) is 10.8 Å². The van der Waals surface area contributed by atoms with E-state index < -0.39 is 0 Å². The molecule has 3 rings (SSSR count). The van der Waals surface area contributed by atoms with E-state index >= 15 is 0 Å². The second-order valence-electron chi connectivity index (χ2n) is 9.14. The summed E-state index contributed by atoms with van der Waals surface area (Å²) in [5.41, 5.74) is 1.36. The first kappa shape index (κ1) is 21.6. The molecule has 1 aliphatic heterocycles. The van der Waals surface area contributed by atoms with Gasteiger partial charge in [0.15, 0.2) is 0 Å². The van der Waals surface area contributed by atoms with E-state index in [1.165, 1.54) is 16.4 Å². The maximum atomic E-state index is 4.69. The number of aromatic nitrogens is 2. The van der Waals surface area contributed by atoms with Gasteiger partial charge in [0, 0.05) is 51.7 Å². The van der Waals surface area contributed by atoms with E-state index in [0.29, 0.717) is 12.1 Å². The predicted octanol–water partition coefficient (Wildman–Crippen LogP) is 4.83. The first-order valence-corrected chi connectivity index (χ1v) is 11.9. The number of benzene rings is 1. The van der Waals surface area contributed by atoms with Crippen LogP contribution in [0, 0.1) is 0 Å². The third-order valence-corrected chi connectivity index (χ3v) is 6.38. The van der Waals surface area contributed by atoms with Gasteiger partial charge >= 0.3 is 0 Å². The summed E-state index contributed by atoms with van der Waals surface area (Å²) in [5, 5.41) is 11.8. The topological polar surface area (TPSA) is 61.9 Å². The Morgan fingerprint density at radius 2 is 1.96 bits per heavy atom. The molecule has 1 saturated heterocycles. The van der Waals surface area contributed by atoms with Gasteiger partial charge < -0.3 is 16.0 Å². The van der Waals surface area contributed by atoms with Crippen LogP contribution in [0.3, 0.4) is 0 Å². The highest BCUT2D eigenvalue weighted by molar-refractivity contribution is 7.98. The fraction of sp³-hybridized carbons (Fsp3) is 0.619. The molecule has 28 heavy (non-hydrogen) atoms. The molecule has 0 spiro atoms. The Morgan fingerprint density at radius 1 is 1.25 bits per heavy atom. The fourth-order valence-corrected chi connectivity index (χ4v) is 5.46. The summed E-state index contributed by atoms with van der Waals surface area (Å²) in [6.07, 6.45) is 5.18. The van der Waals surface area contributed by atoms with Crippen LogP contribution in [0.15, 0.2) is 29.2 Å². The molecule has 5 nitrogen and oxygen atoms in total. The number of nitrogens with one attached hydrogen (secondary N) is 3. The third-order valence-electron chi connectivity index (χ3n) is 4.99. The quantitative estimate of drug-likeness (QED) is 0.559. The van der Waals surface area contributed by atoms with E-state index in [4.69, 9.17) is 0 Å². The molecular formula is C21H33N5S2. The van der Waals surface area contributed by atoms with Crippen LogP contribution < -0.4 is 16.0 Å². The van der Waals surface area contributed by atoms with Crippen molar-refractivity contribution in [3.63, 3.8) is 0 Å². The second kappa shape index (κ2) is 8.69. The molecule has 1 aromatic carbocycles. The number of rotatable bonds is 7. The van der Waals surface area contributed by atoms with Gasteiger partial charge in [-0.15, -0.1) is 11.8 Å². The van der Waals surface area contributed by atoms with Crippen LogP contribution in [0.25, 0.3) is 0 Å². The summed E-state index contributed by atoms with van der Waals surface area (Å²) in [7, 11) is 0. The maximum Gasteiger partial charge on any atom is 0.207 e. The van der Waals surface area contributed by atoms with Crippen LogP contribution in [-0.4, -0.2) is 38.8 Å². The van der Waals surface area contributed by atoms with E-state index in [2.05, 4.69) is 90.4 Å². The molecule has 0 amide bonds. The fourth-order valence-electron chi connectivity index (χ4n) is 4.39. The molecule has 1 atom stereocenters. The van der Waals surface area contributed by atoms with Gasteiger partial charge in [0.2, 0.25) is 5.13 Å². The lowest BCUT2D eigenvalue weighted by molar-refractivity contribution is 0.140. The van der Waals surface area contributed by atoms with Crippen molar-refractivity contribution in [2.75, 3.05) is 11.6 Å². The van der Waals surface area contributed by atoms with Crippen LogP contribution in [0.5, 0.6) is 0 Å². The average molecular weight is 420 g/mol. The van der Waals surface area contributed by atoms with Crippen molar-refractivity contribution in [1.29, 1.82) is 0 Å². The lowest BCUT2D eigenvalue weighted by atomic mass is 9.79. The molecular weight excluding hydrogens is 386 g/mol. The molecule has 1 unspecified atom stereocenters. The van der Waals surface area contributed by atoms with Crippen molar-refractivity contribution in [3.05, 3.63) is 30.1 Å². The van der Waals surface area contributed by atoms with Gasteiger partial charge in [-0.1, -0.05) is 6.07 Å². The largest absolute Gasteiger partial charge is 0.330 e. The van der Waals surface area contributed by atoms with Gasteiger partial charge in [0.25, 0.3) is 0 Å².